The monoisotopic (exact) mass is 309 g/mol. The second kappa shape index (κ2) is 7.59. The molecule has 1 N–H and O–H groups in total. The summed E-state index contributed by atoms with van der Waals surface area (Å²) >= 11 is 1.93. The summed E-state index contributed by atoms with van der Waals surface area (Å²) in [4.78, 5) is 9.08. The molecule has 0 aliphatic heterocycles. The first-order valence-electron chi connectivity index (χ1n) is 8.54. The van der Waals surface area contributed by atoms with Crippen molar-refractivity contribution in [3.8, 4) is 0 Å². The third-order valence-corrected chi connectivity index (χ3v) is 5.73. The van der Waals surface area contributed by atoms with Gasteiger partial charge in [0.2, 0.25) is 0 Å². The second-order valence-electron chi connectivity index (χ2n) is 6.56. The van der Waals surface area contributed by atoms with Crippen LogP contribution in [0.25, 0.3) is 0 Å². The maximum absolute atomic E-state index is 5.02. The average molecular weight is 310 g/mol. The highest BCUT2D eigenvalue weighted by atomic mass is 32.1. The summed E-state index contributed by atoms with van der Waals surface area (Å²) in [6, 6.07) is 1.13. The molecular formula is C17H31N3S. The molecule has 1 unspecified atom stereocenters. The molecule has 0 aromatic carbocycles. The molecule has 1 aliphatic rings. The van der Waals surface area contributed by atoms with Crippen LogP contribution in [0.5, 0.6) is 0 Å². The van der Waals surface area contributed by atoms with E-state index in [4.69, 9.17) is 4.98 Å². The molecule has 0 radical (unpaired) electrons. The fourth-order valence-electron chi connectivity index (χ4n) is 3.31. The maximum Gasteiger partial charge on any atom is 0.186 e. The average Bonchev–Trinajstić information content (AvgIpc) is 2.90. The van der Waals surface area contributed by atoms with Crippen LogP contribution in [0.3, 0.4) is 0 Å². The lowest BCUT2D eigenvalue weighted by Crippen LogP contribution is -2.37. The van der Waals surface area contributed by atoms with Crippen LogP contribution in [0.15, 0.2) is 0 Å². The summed E-state index contributed by atoms with van der Waals surface area (Å²) < 4.78 is 0. The normalized spacial score (nSPS) is 18.3. The zero-order chi connectivity index (χ0) is 15.4. The molecule has 0 saturated carbocycles. The number of fused-ring (bicyclic) bond motifs is 1. The van der Waals surface area contributed by atoms with Gasteiger partial charge in [0, 0.05) is 23.5 Å². The molecule has 21 heavy (non-hydrogen) atoms. The molecule has 0 amide bonds. The van der Waals surface area contributed by atoms with Gasteiger partial charge < -0.3 is 10.2 Å². The Kier molecular flexibility index (Phi) is 6.06. The van der Waals surface area contributed by atoms with Gasteiger partial charge in [-0.3, -0.25) is 0 Å². The molecule has 120 valence electrons. The standard InChI is InChI=1S/C17H31N3S/c1-6-13(7-2)20(11-12(3)4)17-19-15-10-8-9-14(18-5)16(15)21-17/h12-14,18H,6-11H2,1-5H3. The first-order valence-corrected chi connectivity index (χ1v) is 9.35. The van der Waals surface area contributed by atoms with Crippen LogP contribution in [-0.2, 0) is 6.42 Å². The minimum absolute atomic E-state index is 0.516. The third kappa shape index (κ3) is 3.78. The molecule has 0 bridgehead atoms. The molecule has 1 aliphatic carbocycles. The van der Waals surface area contributed by atoms with Crippen molar-refractivity contribution in [2.75, 3.05) is 18.5 Å². The van der Waals surface area contributed by atoms with E-state index in [9.17, 15) is 0 Å². The molecule has 1 aromatic heterocycles. The number of hydrogen-bond donors (Lipinski definition) is 1. The number of anilines is 1. The highest BCUT2D eigenvalue weighted by molar-refractivity contribution is 7.15. The van der Waals surface area contributed by atoms with Gasteiger partial charge in [-0.05, 0) is 45.1 Å². The fourth-order valence-corrected chi connectivity index (χ4v) is 4.65. The number of hydrogen-bond acceptors (Lipinski definition) is 4. The fraction of sp³-hybridized carbons (Fsp3) is 0.824. The van der Waals surface area contributed by atoms with Crippen molar-refractivity contribution in [3.63, 3.8) is 0 Å². The van der Waals surface area contributed by atoms with E-state index in [-0.39, 0.29) is 0 Å². The van der Waals surface area contributed by atoms with Gasteiger partial charge in [-0.15, -0.1) is 0 Å². The number of nitrogens with one attached hydrogen (secondary N) is 1. The number of aromatic nitrogens is 1. The second-order valence-corrected chi connectivity index (χ2v) is 7.57. The Hall–Kier alpha value is -0.610. The Bertz CT molecular complexity index is 437. The smallest absolute Gasteiger partial charge is 0.186 e. The van der Waals surface area contributed by atoms with Gasteiger partial charge in [0.05, 0.1) is 5.69 Å². The van der Waals surface area contributed by atoms with E-state index >= 15 is 0 Å². The van der Waals surface area contributed by atoms with Gasteiger partial charge >= 0.3 is 0 Å². The zero-order valence-electron chi connectivity index (χ0n) is 14.3. The highest BCUT2D eigenvalue weighted by Gasteiger charge is 2.27. The van der Waals surface area contributed by atoms with E-state index in [0.29, 0.717) is 18.0 Å². The van der Waals surface area contributed by atoms with Crippen LogP contribution in [0.4, 0.5) is 5.13 Å². The van der Waals surface area contributed by atoms with Crippen molar-refractivity contribution in [1.29, 1.82) is 0 Å². The summed E-state index contributed by atoms with van der Waals surface area (Å²) in [5, 5.41) is 4.72. The Morgan fingerprint density at radius 1 is 1.33 bits per heavy atom. The number of rotatable bonds is 7. The van der Waals surface area contributed by atoms with Gasteiger partial charge in [-0.25, -0.2) is 4.98 Å². The maximum atomic E-state index is 5.02. The predicted octanol–water partition coefficient (Wildman–Crippen LogP) is 4.39. The van der Waals surface area contributed by atoms with Crippen molar-refractivity contribution < 1.29 is 0 Å². The summed E-state index contributed by atoms with van der Waals surface area (Å²) in [5.41, 5.74) is 1.35. The Labute approximate surface area is 134 Å². The third-order valence-electron chi connectivity index (χ3n) is 4.48. The lowest BCUT2D eigenvalue weighted by molar-refractivity contribution is 0.497. The molecule has 0 fully saturated rings. The molecule has 1 aromatic rings. The van der Waals surface area contributed by atoms with E-state index in [1.807, 2.05) is 11.3 Å². The van der Waals surface area contributed by atoms with Crippen molar-refractivity contribution in [2.24, 2.45) is 5.92 Å². The number of nitrogens with zero attached hydrogens (tertiary/aromatic N) is 2. The van der Waals surface area contributed by atoms with Gasteiger partial charge in [-0.1, -0.05) is 39.0 Å². The van der Waals surface area contributed by atoms with Crippen LogP contribution < -0.4 is 10.2 Å². The van der Waals surface area contributed by atoms with E-state index in [2.05, 4.69) is 45.0 Å². The molecule has 0 saturated heterocycles. The summed E-state index contributed by atoms with van der Waals surface area (Å²) in [7, 11) is 2.08. The first kappa shape index (κ1) is 16.8. The lowest BCUT2D eigenvalue weighted by atomic mass is 9.98. The molecule has 1 atom stereocenters. The molecule has 3 nitrogen and oxygen atoms in total. The molecule has 4 heteroatoms. The SMILES string of the molecule is CCC(CC)N(CC(C)C)c1nc2c(s1)C(NC)CCC2. The summed E-state index contributed by atoms with van der Waals surface area (Å²) in [6.07, 6.45) is 6.06. The summed E-state index contributed by atoms with van der Waals surface area (Å²) in [5.74, 6) is 0.673. The molecule has 1 heterocycles. The predicted molar refractivity (Wildman–Crippen MR) is 93.4 cm³/mol. The minimum atomic E-state index is 0.516. The molecular weight excluding hydrogens is 278 g/mol. The Morgan fingerprint density at radius 3 is 2.62 bits per heavy atom. The lowest BCUT2D eigenvalue weighted by Gasteiger charge is -2.31. The van der Waals surface area contributed by atoms with Crippen molar-refractivity contribution in [3.05, 3.63) is 10.6 Å². The van der Waals surface area contributed by atoms with Gasteiger partial charge in [0.15, 0.2) is 5.13 Å². The van der Waals surface area contributed by atoms with E-state index in [1.54, 1.807) is 0 Å². The van der Waals surface area contributed by atoms with Crippen LogP contribution >= 0.6 is 11.3 Å². The van der Waals surface area contributed by atoms with Gasteiger partial charge in [0.25, 0.3) is 0 Å². The van der Waals surface area contributed by atoms with E-state index < -0.39 is 0 Å². The van der Waals surface area contributed by atoms with Crippen molar-refractivity contribution in [2.45, 2.75) is 71.9 Å². The summed E-state index contributed by atoms with van der Waals surface area (Å²) in [6.45, 7) is 10.3. The molecule has 0 spiro atoms. The number of aryl methyl sites for hydroxylation is 1. The highest BCUT2D eigenvalue weighted by Crippen LogP contribution is 2.38. The minimum Gasteiger partial charge on any atom is -0.345 e. The first-order chi connectivity index (χ1) is 10.1. The number of thiazole rings is 1. The zero-order valence-corrected chi connectivity index (χ0v) is 15.1. The van der Waals surface area contributed by atoms with Crippen molar-refractivity contribution in [1.82, 2.24) is 10.3 Å². The van der Waals surface area contributed by atoms with Crippen LogP contribution in [0.1, 0.15) is 70.0 Å². The van der Waals surface area contributed by atoms with Crippen LogP contribution in [-0.4, -0.2) is 24.6 Å². The van der Waals surface area contributed by atoms with Crippen LogP contribution in [0, 0.1) is 5.92 Å². The van der Waals surface area contributed by atoms with E-state index in [0.717, 1.165) is 13.0 Å². The van der Waals surface area contributed by atoms with Crippen molar-refractivity contribution >= 4 is 16.5 Å². The van der Waals surface area contributed by atoms with Gasteiger partial charge in [-0.2, -0.15) is 0 Å². The Morgan fingerprint density at radius 2 is 2.05 bits per heavy atom. The molecule has 2 rings (SSSR count). The van der Waals surface area contributed by atoms with Gasteiger partial charge in [0.1, 0.15) is 0 Å². The van der Waals surface area contributed by atoms with E-state index in [1.165, 1.54) is 41.4 Å². The largest absolute Gasteiger partial charge is 0.345 e. The topological polar surface area (TPSA) is 28.2 Å². The van der Waals surface area contributed by atoms with Crippen LogP contribution in [0.2, 0.25) is 0 Å². The quantitative estimate of drug-likeness (QED) is 0.809. The Balaban J connectivity index is 2.30.